The first-order chi connectivity index (χ1) is 22.3. The molecule has 0 saturated heterocycles. The van der Waals surface area contributed by atoms with Crippen molar-refractivity contribution in [3.63, 3.8) is 0 Å². The summed E-state index contributed by atoms with van der Waals surface area (Å²) in [6.07, 6.45) is 44.8. The van der Waals surface area contributed by atoms with Gasteiger partial charge in [-0.1, -0.05) is 136 Å². The Morgan fingerprint density at radius 1 is 0.356 bits per heavy atom. The van der Waals surface area contributed by atoms with Crippen LogP contribution in [0.3, 0.4) is 0 Å². The summed E-state index contributed by atoms with van der Waals surface area (Å²) in [7, 11) is 0. The van der Waals surface area contributed by atoms with Crippen molar-refractivity contribution < 1.29 is 9.47 Å². The number of unbranched alkanes of at least 4 members (excludes halogenated alkanes) is 30. The van der Waals surface area contributed by atoms with Crippen LogP contribution in [0.2, 0.25) is 0 Å². The van der Waals surface area contributed by atoms with Crippen molar-refractivity contribution in [3.8, 4) is 11.5 Å². The molecule has 1 aromatic rings. The minimum Gasteiger partial charge on any atom is -0.0654 e. The van der Waals surface area contributed by atoms with Crippen LogP contribution < -0.4 is 13.1 Å². The maximum absolute atomic E-state index is 6.20. The number of hydrogen-bond acceptors (Lipinski definition) is 2. The molecule has 264 valence electrons. The molecule has 45 heavy (non-hydrogen) atoms. The van der Waals surface area contributed by atoms with Crippen LogP contribution in [-0.4, -0.2) is 35.5 Å². The van der Waals surface area contributed by atoms with E-state index in [0.29, 0.717) is 0 Å². The SMILES string of the molecule is CCCCCCCCCCCCCCCCCCOc1ccc([TeH])cc1OCCCCCCCCCCCCCCCCCC. The van der Waals surface area contributed by atoms with E-state index in [2.05, 4.69) is 32.0 Å². The molecule has 0 saturated carbocycles. The van der Waals surface area contributed by atoms with Gasteiger partial charge in [-0.05, 0) is 0 Å². The monoisotopic (exact) mass is 745 g/mol. The summed E-state index contributed by atoms with van der Waals surface area (Å²) >= 11 is 1.75. The van der Waals surface area contributed by atoms with Crippen LogP contribution in [0.5, 0.6) is 11.5 Å². The third-order valence-electron chi connectivity index (χ3n) is 9.44. The molecule has 0 unspecified atom stereocenters. The fraction of sp³-hybridized carbons (Fsp3) is 0.857. The molecule has 1 aromatic carbocycles. The van der Waals surface area contributed by atoms with Crippen LogP contribution in [0.25, 0.3) is 0 Å². The van der Waals surface area contributed by atoms with Gasteiger partial charge in [0.1, 0.15) is 0 Å². The van der Waals surface area contributed by atoms with E-state index in [1.807, 2.05) is 0 Å². The van der Waals surface area contributed by atoms with Crippen molar-refractivity contribution in [1.29, 1.82) is 0 Å². The van der Waals surface area contributed by atoms with Gasteiger partial charge in [0.15, 0.2) is 0 Å². The first-order valence-corrected chi connectivity index (χ1v) is 21.6. The summed E-state index contributed by atoms with van der Waals surface area (Å²) in [5.74, 6) is 1.89. The Kier molecular flexibility index (Phi) is 33.1. The molecule has 3 heteroatoms. The third kappa shape index (κ3) is 29.5. The minimum absolute atomic E-state index is 0.807. The van der Waals surface area contributed by atoms with Crippen LogP contribution in [0.15, 0.2) is 18.2 Å². The fourth-order valence-corrected chi connectivity index (χ4v) is 6.94. The van der Waals surface area contributed by atoms with E-state index < -0.39 is 0 Å². The smallest absolute Gasteiger partial charge is 0.0654 e. The van der Waals surface area contributed by atoms with Gasteiger partial charge in [0.05, 0.1) is 0 Å². The third-order valence-corrected chi connectivity index (χ3v) is 10.2. The topological polar surface area (TPSA) is 18.5 Å². The molecule has 0 aliphatic rings. The number of hydrogen-bond donors (Lipinski definition) is 0. The maximum atomic E-state index is 6.20. The van der Waals surface area contributed by atoms with Crippen molar-refractivity contribution in [3.05, 3.63) is 18.2 Å². The summed E-state index contributed by atoms with van der Waals surface area (Å²) < 4.78 is 13.7. The van der Waals surface area contributed by atoms with Gasteiger partial charge in [-0.15, -0.1) is 0 Å². The molecule has 0 radical (unpaired) electrons. The average Bonchev–Trinajstić information content (AvgIpc) is 3.04. The summed E-state index contributed by atoms with van der Waals surface area (Å²) in [4.78, 5) is 0. The Hall–Kier alpha value is -0.390. The van der Waals surface area contributed by atoms with Crippen molar-refractivity contribution >= 4 is 25.9 Å². The molecule has 0 aromatic heterocycles. The summed E-state index contributed by atoms with van der Waals surface area (Å²) in [6.45, 7) is 6.22. The first kappa shape index (κ1) is 42.6. The predicted molar refractivity (Wildman–Crippen MR) is 203 cm³/mol. The van der Waals surface area contributed by atoms with Crippen LogP contribution >= 0.6 is 0 Å². The molecule has 0 N–H and O–H groups in total. The van der Waals surface area contributed by atoms with E-state index >= 15 is 0 Å². The fourth-order valence-electron chi connectivity index (χ4n) is 6.39. The molecule has 0 spiro atoms. The van der Waals surface area contributed by atoms with Gasteiger partial charge in [0, 0.05) is 0 Å². The van der Waals surface area contributed by atoms with Crippen LogP contribution in [-0.2, 0) is 0 Å². The Morgan fingerprint density at radius 2 is 0.622 bits per heavy atom. The molecule has 1 rings (SSSR count). The van der Waals surface area contributed by atoms with Gasteiger partial charge in [0.2, 0.25) is 0 Å². The second kappa shape index (κ2) is 34.9. The van der Waals surface area contributed by atoms with Crippen molar-refractivity contribution in [2.45, 2.75) is 219 Å². The number of ether oxygens (including phenoxy) is 2. The van der Waals surface area contributed by atoms with Gasteiger partial charge >= 0.3 is 162 Å². The normalized spacial score (nSPS) is 11.4. The zero-order valence-electron chi connectivity index (χ0n) is 30.5. The van der Waals surface area contributed by atoms with E-state index in [1.165, 1.54) is 196 Å². The Bertz CT molecular complexity index is 721. The molecule has 0 heterocycles. The summed E-state index contributed by atoms with van der Waals surface area (Å²) in [5.41, 5.74) is 0. The second-order valence-electron chi connectivity index (χ2n) is 13.9. The zero-order valence-corrected chi connectivity index (χ0v) is 33.1. The van der Waals surface area contributed by atoms with E-state index in [0.717, 1.165) is 37.6 Å². The molecule has 0 aliphatic carbocycles. The molecule has 0 atom stereocenters. The van der Waals surface area contributed by atoms with Crippen LogP contribution in [0, 0.1) is 0 Å². The van der Waals surface area contributed by atoms with Gasteiger partial charge in [-0.25, -0.2) is 0 Å². The van der Waals surface area contributed by atoms with E-state index in [4.69, 9.17) is 9.47 Å². The van der Waals surface area contributed by atoms with Gasteiger partial charge in [-0.2, -0.15) is 0 Å². The van der Waals surface area contributed by atoms with E-state index in [9.17, 15) is 0 Å². The Labute approximate surface area is 296 Å². The Balaban J connectivity index is 1.93. The quantitative estimate of drug-likeness (QED) is 0.0504. The second-order valence-corrected chi connectivity index (χ2v) is 15.4. The van der Waals surface area contributed by atoms with E-state index in [-0.39, 0.29) is 0 Å². The predicted octanol–water partition coefficient (Wildman–Crippen LogP) is 13.5. The Morgan fingerprint density at radius 3 is 0.933 bits per heavy atom. The van der Waals surface area contributed by atoms with Crippen molar-refractivity contribution in [2.75, 3.05) is 13.2 Å². The molecular formula is C42H78O2Te. The van der Waals surface area contributed by atoms with Crippen LogP contribution in [0.1, 0.15) is 219 Å². The summed E-state index contributed by atoms with van der Waals surface area (Å²) in [6, 6.07) is 6.45. The molecular weight excluding hydrogens is 664 g/mol. The minimum atomic E-state index is 0.807. The van der Waals surface area contributed by atoms with Crippen LogP contribution in [0.4, 0.5) is 0 Å². The van der Waals surface area contributed by atoms with Gasteiger partial charge in [0.25, 0.3) is 0 Å². The van der Waals surface area contributed by atoms with Crippen molar-refractivity contribution in [2.24, 2.45) is 0 Å². The van der Waals surface area contributed by atoms with Crippen molar-refractivity contribution in [1.82, 2.24) is 0 Å². The van der Waals surface area contributed by atoms with E-state index in [1.54, 1.807) is 22.3 Å². The molecule has 0 bridgehead atoms. The first-order valence-electron chi connectivity index (χ1n) is 20.4. The zero-order chi connectivity index (χ0) is 32.3. The molecule has 0 amide bonds. The molecule has 0 fully saturated rings. The standard InChI is InChI=1S/C42H78O2Te/c1-3-5-7-9-11-13-15-17-19-21-23-25-27-29-31-33-37-43-41-36-35-40(45)39-42(41)44-38-34-32-30-28-26-24-22-20-18-16-14-12-10-8-6-4-2/h35-36,39,45H,3-34,37-38H2,1-2H3. The average molecular weight is 743 g/mol. The van der Waals surface area contributed by atoms with Gasteiger partial charge < -0.3 is 0 Å². The molecule has 0 aliphatic heterocycles. The number of rotatable bonds is 36. The number of benzene rings is 1. The molecule has 2 nitrogen and oxygen atoms in total. The van der Waals surface area contributed by atoms with Gasteiger partial charge in [-0.3, -0.25) is 0 Å². The summed E-state index contributed by atoms with van der Waals surface area (Å²) in [5, 5.41) is 0.